The SMILES string of the molecule is C=CN(c1ncc2nc(CO)n([C@@H]3CCOc4ccccc43)c2n1)c1cc(F)ccc1C. The predicted molar refractivity (Wildman–Crippen MR) is 119 cm³/mol. The van der Waals surface area contributed by atoms with Crippen molar-refractivity contribution in [3.8, 4) is 5.75 Å². The molecule has 0 saturated heterocycles. The molecule has 0 fully saturated rings. The molecule has 2 aromatic heterocycles. The van der Waals surface area contributed by atoms with Crippen LogP contribution in [-0.2, 0) is 6.61 Å². The summed E-state index contributed by atoms with van der Waals surface area (Å²) in [4.78, 5) is 15.4. The van der Waals surface area contributed by atoms with Crippen molar-refractivity contribution in [1.29, 1.82) is 0 Å². The molecule has 0 bridgehead atoms. The first-order valence-corrected chi connectivity index (χ1v) is 10.3. The highest BCUT2D eigenvalue weighted by Gasteiger charge is 2.28. The summed E-state index contributed by atoms with van der Waals surface area (Å²) in [6, 6.07) is 12.3. The fourth-order valence-corrected chi connectivity index (χ4v) is 4.21. The molecule has 32 heavy (non-hydrogen) atoms. The van der Waals surface area contributed by atoms with E-state index < -0.39 is 0 Å². The van der Waals surface area contributed by atoms with Crippen molar-refractivity contribution in [2.24, 2.45) is 0 Å². The average Bonchev–Trinajstić information content (AvgIpc) is 3.19. The lowest BCUT2D eigenvalue weighted by molar-refractivity contribution is 0.238. The van der Waals surface area contributed by atoms with Crippen molar-refractivity contribution in [3.05, 3.63) is 84.2 Å². The lowest BCUT2D eigenvalue weighted by atomic mass is 10.0. The van der Waals surface area contributed by atoms with Crippen LogP contribution < -0.4 is 9.64 Å². The van der Waals surface area contributed by atoms with E-state index in [0.717, 1.165) is 16.9 Å². The van der Waals surface area contributed by atoms with Crippen LogP contribution in [-0.4, -0.2) is 31.2 Å². The van der Waals surface area contributed by atoms with E-state index in [1.54, 1.807) is 23.4 Å². The third-order valence-corrected chi connectivity index (χ3v) is 5.70. The van der Waals surface area contributed by atoms with Crippen LogP contribution in [0, 0.1) is 12.7 Å². The topological polar surface area (TPSA) is 76.3 Å². The van der Waals surface area contributed by atoms with Gasteiger partial charge in [-0.1, -0.05) is 30.8 Å². The number of ether oxygens (including phenoxy) is 1. The number of aliphatic hydroxyl groups is 1. The molecule has 1 atom stereocenters. The fourth-order valence-electron chi connectivity index (χ4n) is 4.21. The van der Waals surface area contributed by atoms with Gasteiger partial charge >= 0.3 is 0 Å². The van der Waals surface area contributed by atoms with Crippen molar-refractivity contribution in [3.63, 3.8) is 0 Å². The van der Waals surface area contributed by atoms with Crippen LogP contribution in [0.15, 0.2) is 61.4 Å². The van der Waals surface area contributed by atoms with Gasteiger partial charge in [-0.25, -0.2) is 14.4 Å². The average molecular weight is 431 g/mol. The molecule has 8 heteroatoms. The molecular formula is C24H22FN5O2. The molecule has 5 rings (SSSR count). The van der Waals surface area contributed by atoms with Crippen LogP contribution in [0.1, 0.15) is 29.4 Å². The standard InChI is InChI=1S/C24H22FN5O2/c1-3-29(20-12-16(25)9-8-15(20)2)24-26-13-18-23(28-24)30(22(14-31)27-18)19-10-11-32-21-7-5-4-6-17(19)21/h3-9,12-13,19,31H,1,10-11,14H2,2H3/t19-/m1/s1. The fraction of sp³-hybridized carbons (Fsp3) is 0.208. The number of aliphatic hydroxyl groups excluding tert-OH is 1. The first kappa shape index (κ1) is 20.1. The number of fused-ring (bicyclic) bond motifs is 2. The molecule has 4 aromatic rings. The Morgan fingerprint density at radius 3 is 2.94 bits per heavy atom. The number of benzene rings is 2. The highest BCUT2D eigenvalue weighted by atomic mass is 19.1. The summed E-state index contributed by atoms with van der Waals surface area (Å²) in [5.41, 5.74) is 3.62. The van der Waals surface area contributed by atoms with E-state index in [-0.39, 0.29) is 18.5 Å². The highest BCUT2D eigenvalue weighted by Crippen LogP contribution is 2.37. The van der Waals surface area contributed by atoms with Gasteiger partial charge in [0.25, 0.3) is 0 Å². The predicted octanol–water partition coefficient (Wildman–Crippen LogP) is 4.42. The number of aromatic nitrogens is 4. The molecule has 0 spiro atoms. The van der Waals surface area contributed by atoms with Crippen LogP contribution >= 0.6 is 0 Å². The first-order valence-electron chi connectivity index (χ1n) is 10.3. The first-order chi connectivity index (χ1) is 15.6. The molecule has 0 saturated carbocycles. The van der Waals surface area contributed by atoms with E-state index in [0.29, 0.717) is 41.7 Å². The molecule has 3 heterocycles. The lowest BCUT2D eigenvalue weighted by Crippen LogP contribution is -2.22. The lowest BCUT2D eigenvalue weighted by Gasteiger charge is -2.28. The Kier molecular flexibility index (Phi) is 5.07. The number of hydrogen-bond donors (Lipinski definition) is 1. The molecule has 0 radical (unpaired) electrons. The second-order valence-corrected chi connectivity index (χ2v) is 7.61. The van der Waals surface area contributed by atoms with Gasteiger partial charge in [-0.2, -0.15) is 4.98 Å². The highest BCUT2D eigenvalue weighted by molar-refractivity contribution is 5.75. The quantitative estimate of drug-likeness (QED) is 0.504. The Hall–Kier alpha value is -3.78. The van der Waals surface area contributed by atoms with Gasteiger partial charge in [-0.15, -0.1) is 0 Å². The van der Waals surface area contributed by atoms with Gasteiger partial charge in [0.05, 0.1) is 24.5 Å². The Balaban J connectivity index is 1.68. The number of hydrogen-bond acceptors (Lipinski definition) is 6. The van der Waals surface area contributed by atoms with Crippen molar-refractivity contribution in [2.75, 3.05) is 11.5 Å². The van der Waals surface area contributed by atoms with Gasteiger partial charge < -0.3 is 14.4 Å². The van der Waals surface area contributed by atoms with Gasteiger partial charge in [0, 0.05) is 18.2 Å². The number of nitrogens with zero attached hydrogens (tertiary/aromatic N) is 5. The zero-order chi connectivity index (χ0) is 22.2. The molecule has 1 N–H and O–H groups in total. The van der Waals surface area contributed by atoms with E-state index in [1.807, 2.05) is 35.8 Å². The summed E-state index contributed by atoms with van der Waals surface area (Å²) in [5.74, 6) is 1.30. The van der Waals surface area contributed by atoms with Crippen LogP contribution in [0.2, 0.25) is 0 Å². The second-order valence-electron chi connectivity index (χ2n) is 7.61. The molecule has 0 amide bonds. The minimum absolute atomic E-state index is 0.0945. The number of halogens is 1. The van der Waals surface area contributed by atoms with Crippen LogP contribution in [0.5, 0.6) is 5.75 Å². The number of anilines is 2. The summed E-state index contributed by atoms with van der Waals surface area (Å²) in [6.45, 7) is 6.07. The third-order valence-electron chi connectivity index (χ3n) is 5.70. The zero-order valence-electron chi connectivity index (χ0n) is 17.6. The van der Waals surface area contributed by atoms with Gasteiger partial charge in [-0.05, 0) is 30.7 Å². The molecule has 0 unspecified atom stereocenters. The van der Waals surface area contributed by atoms with Crippen molar-refractivity contribution in [1.82, 2.24) is 19.5 Å². The summed E-state index contributed by atoms with van der Waals surface area (Å²) >= 11 is 0. The Morgan fingerprint density at radius 2 is 2.12 bits per heavy atom. The largest absolute Gasteiger partial charge is 0.493 e. The monoisotopic (exact) mass is 431 g/mol. The van der Waals surface area contributed by atoms with E-state index in [2.05, 4.69) is 16.5 Å². The minimum atomic E-state index is -0.357. The smallest absolute Gasteiger partial charge is 0.236 e. The molecule has 1 aliphatic rings. The number of rotatable bonds is 5. The Bertz CT molecular complexity index is 1320. The molecule has 162 valence electrons. The van der Waals surface area contributed by atoms with Crippen LogP contribution in [0.3, 0.4) is 0 Å². The zero-order valence-corrected chi connectivity index (χ0v) is 17.6. The third kappa shape index (κ3) is 3.29. The van der Waals surface area contributed by atoms with E-state index in [4.69, 9.17) is 9.72 Å². The van der Waals surface area contributed by atoms with E-state index in [1.165, 1.54) is 12.1 Å². The van der Waals surface area contributed by atoms with E-state index >= 15 is 0 Å². The van der Waals surface area contributed by atoms with Gasteiger partial charge in [-0.3, -0.25) is 4.90 Å². The second kappa shape index (κ2) is 8.05. The van der Waals surface area contributed by atoms with Crippen molar-refractivity contribution < 1.29 is 14.2 Å². The van der Waals surface area contributed by atoms with Gasteiger partial charge in [0.2, 0.25) is 5.95 Å². The van der Waals surface area contributed by atoms with Crippen molar-refractivity contribution >= 4 is 22.8 Å². The minimum Gasteiger partial charge on any atom is -0.493 e. The molecule has 0 aliphatic carbocycles. The summed E-state index contributed by atoms with van der Waals surface area (Å²) in [7, 11) is 0. The van der Waals surface area contributed by atoms with E-state index in [9.17, 15) is 9.50 Å². The maximum atomic E-state index is 14.0. The van der Waals surface area contributed by atoms with Crippen molar-refractivity contribution in [2.45, 2.75) is 26.0 Å². The number of aryl methyl sites for hydroxylation is 1. The summed E-state index contributed by atoms with van der Waals surface area (Å²) in [5, 5.41) is 10.0. The maximum Gasteiger partial charge on any atom is 0.236 e. The Morgan fingerprint density at radius 1 is 1.28 bits per heavy atom. The van der Waals surface area contributed by atoms with Gasteiger partial charge in [0.1, 0.15) is 29.5 Å². The number of imidazole rings is 1. The summed E-state index contributed by atoms with van der Waals surface area (Å²) in [6.07, 6.45) is 3.88. The molecule has 2 aromatic carbocycles. The maximum absolute atomic E-state index is 14.0. The molecule has 1 aliphatic heterocycles. The van der Waals surface area contributed by atoms with Gasteiger partial charge in [0.15, 0.2) is 5.65 Å². The Labute approximate surface area is 184 Å². The normalized spacial score (nSPS) is 15.3. The van der Waals surface area contributed by atoms with Crippen LogP contribution in [0.4, 0.5) is 16.0 Å². The molecule has 7 nitrogen and oxygen atoms in total. The summed E-state index contributed by atoms with van der Waals surface area (Å²) < 4.78 is 21.7. The number of para-hydroxylation sites is 1. The molecular weight excluding hydrogens is 409 g/mol. The van der Waals surface area contributed by atoms with Crippen LogP contribution in [0.25, 0.3) is 11.2 Å².